The Labute approximate surface area is 245 Å². The van der Waals surface area contributed by atoms with Crippen molar-refractivity contribution in [3.63, 3.8) is 0 Å². The number of alkyl carbamates (subject to hydrolysis) is 1. The fraction of sp³-hybridized carbons (Fsp3) is 0.433. The summed E-state index contributed by atoms with van der Waals surface area (Å²) in [6.45, 7) is 9.16. The number of aromatic amines is 1. The third-order valence-electron chi connectivity index (χ3n) is 7.02. The molecule has 0 unspecified atom stereocenters. The van der Waals surface area contributed by atoms with E-state index in [1.165, 1.54) is 0 Å². The van der Waals surface area contributed by atoms with Crippen LogP contribution >= 0.6 is 11.3 Å². The molecule has 2 aromatic carbocycles. The molecule has 0 aliphatic heterocycles. The predicted molar refractivity (Wildman–Crippen MR) is 162 cm³/mol. The van der Waals surface area contributed by atoms with Crippen molar-refractivity contribution in [2.24, 2.45) is 0 Å². The molecular formula is C30H37N5O4S2. The number of amides is 1. The number of ether oxygens (including phenoxy) is 1. The fourth-order valence-corrected chi connectivity index (χ4v) is 8.06. The molecule has 1 saturated carbocycles. The van der Waals surface area contributed by atoms with Crippen LogP contribution in [-0.4, -0.2) is 47.4 Å². The number of aromatic nitrogens is 3. The first-order valence-corrected chi connectivity index (χ1v) is 16.2. The predicted octanol–water partition coefficient (Wildman–Crippen LogP) is 6.59. The van der Waals surface area contributed by atoms with Crippen LogP contribution in [0.1, 0.15) is 71.2 Å². The van der Waals surface area contributed by atoms with E-state index in [0.717, 1.165) is 57.6 Å². The van der Waals surface area contributed by atoms with Crippen molar-refractivity contribution >= 4 is 38.4 Å². The van der Waals surface area contributed by atoms with Crippen LogP contribution in [-0.2, 0) is 14.8 Å². The largest absolute Gasteiger partial charge is 0.447 e. The Morgan fingerprint density at radius 2 is 1.76 bits per heavy atom. The Hall–Kier alpha value is -3.28. The summed E-state index contributed by atoms with van der Waals surface area (Å²) in [5.41, 5.74) is 2.56. The summed E-state index contributed by atoms with van der Waals surface area (Å²) in [6.07, 6.45) is 6.50. The van der Waals surface area contributed by atoms with E-state index in [9.17, 15) is 13.2 Å². The second-order valence-electron chi connectivity index (χ2n) is 11.9. The van der Waals surface area contributed by atoms with E-state index in [0.29, 0.717) is 5.56 Å². The summed E-state index contributed by atoms with van der Waals surface area (Å²) in [4.78, 5) is 17.8. The summed E-state index contributed by atoms with van der Waals surface area (Å²) in [7, 11) is -3.85. The molecule has 41 heavy (non-hydrogen) atoms. The summed E-state index contributed by atoms with van der Waals surface area (Å²) in [5, 5.41) is 12.0. The van der Waals surface area contributed by atoms with Gasteiger partial charge in [-0.25, -0.2) is 22.9 Å². The van der Waals surface area contributed by atoms with Gasteiger partial charge in [-0.05, 0) is 83.6 Å². The van der Waals surface area contributed by atoms with Crippen LogP contribution < -0.4 is 10.0 Å². The van der Waals surface area contributed by atoms with E-state index >= 15 is 0 Å². The van der Waals surface area contributed by atoms with E-state index in [1.807, 2.05) is 65.0 Å². The monoisotopic (exact) mass is 595 g/mol. The Kier molecular flexibility index (Phi) is 8.22. The van der Waals surface area contributed by atoms with Crippen LogP contribution in [0.25, 0.3) is 32.5 Å². The van der Waals surface area contributed by atoms with E-state index in [2.05, 4.69) is 20.2 Å². The Bertz CT molecular complexity index is 1640. The minimum Gasteiger partial charge on any atom is -0.447 e. The second-order valence-corrected chi connectivity index (χ2v) is 14.7. The quantitative estimate of drug-likeness (QED) is 0.221. The van der Waals surface area contributed by atoms with Crippen LogP contribution in [0.15, 0.2) is 53.7 Å². The lowest BCUT2D eigenvalue weighted by Gasteiger charge is -2.28. The highest BCUT2D eigenvalue weighted by Gasteiger charge is 2.29. The molecule has 218 valence electrons. The van der Waals surface area contributed by atoms with Gasteiger partial charge >= 0.3 is 6.09 Å². The van der Waals surface area contributed by atoms with Crippen LogP contribution in [0.4, 0.5) is 4.79 Å². The molecular weight excluding hydrogens is 558 g/mol. The number of carbonyl (C=O) groups is 1. The van der Waals surface area contributed by atoms with Gasteiger partial charge in [-0.1, -0.05) is 24.3 Å². The molecule has 4 aromatic rings. The van der Waals surface area contributed by atoms with Gasteiger partial charge in [0.15, 0.2) is 0 Å². The van der Waals surface area contributed by atoms with Gasteiger partial charge in [0, 0.05) is 34.6 Å². The van der Waals surface area contributed by atoms with Gasteiger partial charge in [0.1, 0.15) is 0 Å². The number of fused-ring (bicyclic) bond motifs is 1. The summed E-state index contributed by atoms with van der Waals surface area (Å²) in [6, 6.07) is 11.6. The number of nitrogens with one attached hydrogen (secondary N) is 3. The average Bonchev–Trinajstić information content (AvgIpc) is 3.56. The fourth-order valence-electron chi connectivity index (χ4n) is 5.20. The molecule has 0 atom stereocenters. The number of carbonyl (C=O) groups excluding carboxylic acids is 1. The maximum atomic E-state index is 13.7. The van der Waals surface area contributed by atoms with Gasteiger partial charge in [-0.3, -0.25) is 5.10 Å². The summed E-state index contributed by atoms with van der Waals surface area (Å²) >= 11 is 1.54. The van der Waals surface area contributed by atoms with Crippen molar-refractivity contribution in [2.45, 2.75) is 88.8 Å². The van der Waals surface area contributed by atoms with Gasteiger partial charge in [0.05, 0.1) is 32.6 Å². The number of H-pyrrole nitrogens is 1. The highest BCUT2D eigenvalue weighted by atomic mass is 32.2. The first-order valence-electron chi connectivity index (χ1n) is 13.9. The van der Waals surface area contributed by atoms with Gasteiger partial charge in [0.25, 0.3) is 0 Å². The molecule has 0 radical (unpaired) electrons. The molecule has 0 bridgehead atoms. The van der Waals surface area contributed by atoms with Crippen LogP contribution in [0.5, 0.6) is 0 Å². The summed E-state index contributed by atoms with van der Waals surface area (Å²) in [5.74, 6) is 0.265. The second kappa shape index (κ2) is 11.5. The molecule has 2 heterocycles. The zero-order chi connectivity index (χ0) is 29.4. The van der Waals surface area contributed by atoms with Crippen LogP contribution in [0, 0.1) is 0 Å². The third-order valence-corrected chi connectivity index (χ3v) is 10.0. The highest BCUT2D eigenvalue weighted by Crippen LogP contribution is 2.40. The maximum Gasteiger partial charge on any atom is 0.407 e. The molecule has 2 aromatic heterocycles. The smallest absolute Gasteiger partial charge is 0.407 e. The Balaban J connectivity index is 1.42. The van der Waals surface area contributed by atoms with E-state index in [1.54, 1.807) is 29.8 Å². The molecule has 0 spiro atoms. The van der Waals surface area contributed by atoms with Crippen molar-refractivity contribution in [2.75, 3.05) is 0 Å². The van der Waals surface area contributed by atoms with Crippen LogP contribution in [0.2, 0.25) is 0 Å². The van der Waals surface area contributed by atoms with Crippen molar-refractivity contribution < 1.29 is 17.9 Å². The third kappa shape index (κ3) is 6.97. The van der Waals surface area contributed by atoms with Crippen molar-refractivity contribution in [1.82, 2.24) is 25.2 Å². The minimum atomic E-state index is -3.85. The molecule has 3 N–H and O–H groups in total. The molecule has 1 fully saturated rings. The van der Waals surface area contributed by atoms with Gasteiger partial charge in [-0.15, -0.1) is 11.3 Å². The molecule has 1 amide bonds. The average molecular weight is 596 g/mol. The first-order chi connectivity index (χ1) is 19.4. The molecule has 11 heteroatoms. The van der Waals surface area contributed by atoms with Crippen molar-refractivity contribution in [3.05, 3.63) is 53.8 Å². The number of rotatable bonds is 7. The normalized spacial score (nSPS) is 18.1. The SMILES string of the molecule is CC(C)OC(=O)NC1CCC(c2ncc(-c3ccc(-c4ccc5cn[nH]c5c4)cc3S(=O)(=O)NC(C)(C)C)s2)CC1. The zero-order valence-electron chi connectivity index (χ0n) is 24.0. The number of hydrogen-bond donors (Lipinski definition) is 3. The van der Waals surface area contributed by atoms with Crippen molar-refractivity contribution in [1.29, 1.82) is 0 Å². The van der Waals surface area contributed by atoms with E-state index in [4.69, 9.17) is 9.72 Å². The number of benzene rings is 2. The lowest BCUT2D eigenvalue weighted by Crippen LogP contribution is -2.40. The number of sulfonamides is 1. The minimum absolute atomic E-state index is 0.0886. The van der Waals surface area contributed by atoms with Gasteiger partial charge in [-0.2, -0.15) is 5.10 Å². The molecule has 1 aliphatic carbocycles. The Morgan fingerprint density at radius 3 is 2.46 bits per heavy atom. The first kappa shape index (κ1) is 29.2. The topological polar surface area (TPSA) is 126 Å². The number of thiazole rings is 1. The van der Waals surface area contributed by atoms with E-state index < -0.39 is 15.6 Å². The van der Waals surface area contributed by atoms with Crippen LogP contribution in [0.3, 0.4) is 0 Å². The van der Waals surface area contributed by atoms with Gasteiger partial charge < -0.3 is 10.1 Å². The number of nitrogens with zero attached hydrogens (tertiary/aromatic N) is 2. The zero-order valence-corrected chi connectivity index (χ0v) is 25.7. The summed E-state index contributed by atoms with van der Waals surface area (Å²) < 4.78 is 35.5. The van der Waals surface area contributed by atoms with Crippen molar-refractivity contribution in [3.8, 4) is 21.6 Å². The molecule has 1 aliphatic rings. The lowest BCUT2D eigenvalue weighted by molar-refractivity contribution is 0.109. The Morgan fingerprint density at radius 1 is 1.05 bits per heavy atom. The standard InChI is InChI=1S/C30H37N5O4S2/c1-18(2)39-29(36)33-23-11-8-19(9-12-23)28-31-17-26(40-28)24-13-10-21(15-27(24)41(37,38)35-30(3,4)5)20-6-7-22-16-32-34-25(22)14-20/h6-7,10,13-19,23,35H,8-9,11-12H2,1-5H3,(H,32,34)(H,33,36). The molecule has 0 saturated heterocycles. The maximum absolute atomic E-state index is 13.7. The van der Waals surface area contributed by atoms with Gasteiger partial charge in [0.2, 0.25) is 10.0 Å². The highest BCUT2D eigenvalue weighted by molar-refractivity contribution is 7.89. The number of hydrogen-bond acceptors (Lipinski definition) is 7. The molecule has 5 rings (SSSR count). The lowest BCUT2D eigenvalue weighted by atomic mass is 9.86. The van der Waals surface area contributed by atoms with E-state index in [-0.39, 0.29) is 29.1 Å². The molecule has 9 nitrogen and oxygen atoms in total.